The number of amides is 1. The molecule has 0 heterocycles. The molecule has 1 amide bonds. The lowest BCUT2D eigenvalue weighted by Gasteiger charge is -2.22. The molecule has 104 valence electrons. The van der Waals surface area contributed by atoms with Gasteiger partial charge in [-0.25, -0.2) is 0 Å². The maximum atomic E-state index is 12.2. The van der Waals surface area contributed by atoms with Crippen LogP contribution in [0.2, 0.25) is 0 Å². The number of carbonyl (C=O) groups excluding carboxylic acids is 1. The standard InChI is InChI=1S/C15H21NO3/c1-6-9-15(2,3)14(17)16-12-8-7-11(18-4)10-13(12)19-5/h6-8,10H,1,9H2,2-5H3,(H,16,17). The Hall–Kier alpha value is -1.97. The van der Waals surface area contributed by atoms with Crippen LogP contribution in [0, 0.1) is 5.41 Å². The second-order valence-electron chi connectivity index (χ2n) is 4.90. The number of carbonyl (C=O) groups is 1. The molecule has 1 N–H and O–H groups in total. The van der Waals surface area contributed by atoms with Crippen LogP contribution < -0.4 is 14.8 Å². The van der Waals surface area contributed by atoms with E-state index < -0.39 is 5.41 Å². The van der Waals surface area contributed by atoms with E-state index >= 15 is 0 Å². The minimum absolute atomic E-state index is 0.0733. The average molecular weight is 263 g/mol. The molecule has 0 saturated heterocycles. The number of anilines is 1. The molecule has 0 aliphatic heterocycles. The lowest BCUT2D eigenvalue weighted by Crippen LogP contribution is -2.30. The van der Waals surface area contributed by atoms with Gasteiger partial charge in [-0.05, 0) is 18.6 Å². The van der Waals surface area contributed by atoms with E-state index in [1.165, 1.54) is 0 Å². The molecule has 0 aliphatic rings. The molecule has 0 bridgehead atoms. The molecule has 1 aromatic carbocycles. The van der Waals surface area contributed by atoms with Gasteiger partial charge in [0.2, 0.25) is 5.91 Å². The Morgan fingerprint density at radius 3 is 2.58 bits per heavy atom. The molecule has 0 fully saturated rings. The molecule has 4 nitrogen and oxygen atoms in total. The van der Waals surface area contributed by atoms with Crippen molar-refractivity contribution in [3.8, 4) is 11.5 Å². The molecule has 0 aliphatic carbocycles. The zero-order valence-corrected chi connectivity index (χ0v) is 11.9. The maximum Gasteiger partial charge on any atom is 0.230 e. The molecule has 0 atom stereocenters. The fraction of sp³-hybridized carbons (Fsp3) is 0.400. The largest absolute Gasteiger partial charge is 0.497 e. The summed E-state index contributed by atoms with van der Waals surface area (Å²) < 4.78 is 10.4. The van der Waals surface area contributed by atoms with Crippen molar-refractivity contribution in [2.75, 3.05) is 19.5 Å². The zero-order chi connectivity index (χ0) is 14.5. The van der Waals surface area contributed by atoms with E-state index in [0.29, 0.717) is 23.6 Å². The van der Waals surface area contributed by atoms with Gasteiger partial charge in [-0.2, -0.15) is 0 Å². The van der Waals surface area contributed by atoms with Gasteiger partial charge < -0.3 is 14.8 Å². The summed E-state index contributed by atoms with van der Waals surface area (Å²) in [5, 5.41) is 2.87. The van der Waals surface area contributed by atoms with E-state index in [1.807, 2.05) is 13.8 Å². The molecule has 19 heavy (non-hydrogen) atoms. The molecule has 1 aromatic rings. The summed E-state index contributed by atoms with van der Waals surface area (Å²) in [4.78, 5) is 12.2. The van der Waals surface area contributed by atoms with Crippen LogP contribution in [-0.2, 0) is 4.79 Å². The molecule has 0 aromatic heterocycles. The Kier molecular flexibility index (Phi) is 4.98. The number of rotatable bonds is 6. The SMILES string of the molecule is C=CCC(C)(C)C(=O)Nc1ccc(OC)cc1OC. The van der Waals surface area contributed by atoms with Gasteiger partial charge in [0, 0.05) is 11.5 Å². The van der Waals surface area contributed by atoms with Crippen molar-refractivity contribution in [1.29, 1.82) is 0 Å². The summed E-state index contributed by atoms with van der Waals surface area (Å²) in [5.74, 6) is 1.18. The summed E-state index contributed by atoms with van der Waals surface area (Å²) in [6.45, 7) is 7.42. The van der Waals surface area contributed by atoms with Crippen LogP contribution in [0.3, 0.4) is 0 Å². The molecule has 4 heteroatoms. The van der Waals surface area contributed by atoms with Gasteiger partial charge in [0.15, 0.2) is 0 Å². The van der Waals surface area contributed by atoms with Gasteiger partial charge in [-0.15, -0.1) is 6.58 Å². The number of benzene rings is 1. The Morgan fingerprint density at radius 1 is 1.37 bits per heavy atom. The van der Waals surface area contributed by atoms with E-state index in [4.69, 9.17) is 9.47 Å². The van der Waals surface area contributed by atoms with E-state index in [-0.39, 0.29) is 5.91 Å². The molecule has 0 unspecified atom stereocenters. The van der Waals surface area contributed by atoms with Crippen LogP contribution in [0.25, 0.3) is 0 Å². The van der Waals surface area contributed by atoms with Crippen LogP contribution in [0.5, 0.6) is 11.5 Å². The summed E-state index contributed by atoms with van der Waals surface area (Å²) >= 11 is 0. The smallest absolute Gasteiger partial charge is 0.230 e. The van der Waals surface area contributed by atoms with Gasteiger partial charge in [0.25, 0.3) is 0 Å². The fourth-order valence-electron chi connectivity index (χ4n) is 1.65. The number of ether oxygens (including phenoxy) is 2. The van der Waals surface area contributed by atoms with Gasteiger partial charge in [-0.3, -0.25) is 4.79 Å². The van der Waals surface area contributed by atoms with Crippen molar-refractivity contribution in [2.45, 2.75) is 20.3 Å². The Labute approximate surface area is 114 Å². The third kappa shape index (κ3) is 3.74. The predicted octanol–water partition coefficient (Wildman–Crippen LogP) is 3.24. The number of hydrogen-bond donors (Lipinski definition) is 1. The van der Waals surface area contributed by atoms with Crippen molar-refractivity contribution >= 4 is 11.6 Å². The summed E-state index contributed by atoms with van der Waals surface area (Å²) in [6, 6.07) is 5.27. The second-order valence-corrected chi connectivity index (χ2v) is 4.90. The minimum Gasteiger partial charge on any atom is -0.497 e. The number of allylic oxidation sites excluding steroid dienone is 1. The van der Waals surface area contributed by atoms with Crippen molar-refractivity contribution in [1.82, 2.24) is 0 Å². The molecule has 0 radical (unpaired) electrons. The first-order valence-corrected chi connectivity index (χ1v) is 6.09. The van der Waals surface area contributed by atoms with Gasteiger partial charge in [0.1, 0.15) is 11.5 Å². The van der Waals surface area contributed by atoms with Crippen LogP contribution in [0.15, 0.2) is 30.9 Å². The molecule has 0 spiro atoms. The predicted molar refractivity (Wildman–Crippen MR) is 76.8 cm³/mol. The van der Waals surface area contributed by atoms with Crippen LogP contribution >= 0.6 is 0 Å². The normalized spacial score (nSPS) is 10.7. The van der Waals surface area contributed by atoms with E-state index in [1.54, 1.807) is 38.5 Å². The van der Waals surface area contributed by atoms with Gasteiger partial charge in [0.05, 0.1) is 19.9 Å². The number of nitrogens with one attached hydrogen (secondary N) is 1. The van der Waals surface area contributed by atoms with Crippen molar-refractivity contribution < 1.29 is 14.3 Å². The molecular formula is C15H21NO3. The van der Waals surface area contributed by atoms with E-state index in [0.717, 1.165) is 0 Å². The monoisotopic (exact) mass is 263 g/mol. The highest BCUT2D eigenvalue weighted by molar-refractivity contribution is 5.96. The molecule has 1 rings (SSSR count). The Morgan fingerprint density at radius 2 is 2.05 bits per heavy atom. The van der Waals surface area contributed by atoms with Gasteiger partial charge >= 0.3 is 0 Å². The van der Waals surface area contributed by atoms with Crippen molar-refractivity contribution in [3.63, 3.8) is 0 Å². The highest BCUT2D eigenvalue weighted by atomic mass is 16.5. The third-order valence-corrected chi connectivity index (χ3v) is 2.93. The van der Waals surface area contributed by atoms with E-state index in [2.05, 4.69) is 11.9 Å². The van der Waals surface area contributed by atoms with Crippen LogP contribution in [0.1, 0.15) is 20.3 Å². The first-order valence-electron chi connectivity index (χ1n) is 6.09. The fourth-order valence-corrected chi connectivity index (χ4v) is 1.65. The quantitative estimate of drug-likeness (QED) is 0.801. The van der Waals surface area contributed by atoms with Crippen LogP contribution in [0.4, 0.5) is 5.69 Å². The molecule has 0 saturated carbocycles. The lowest BCUT2D eigenvalue weighted by atomic mass is 9.88. The zero-order valence-electron chi connectivity index (χ0n) is 11.9. The topological polar surface area (TPSA) is 47.6 Å². The van der Waals surface area contributed by atoms with E-state index in [9.17, 15) is 4.79 Å². The number of methoxy groups -OCH3 is 2. The minimum atomic E-state index is -0.507. The Balaban J connectivity index is 2.93. The van der Waals surface area contributed by atoms with Crippen molar-refractivity contribution in [2.24, 2.45) is 5.41 Å². The third-order valence-electron chi connectivity index (χ3n) is 2.93. The first-order chi connectivity index (χ1) is 8.94. The maximum absolute atomic E-state index is 12.2. The highest BCUT2D eigenvalue weighted by Crippen LogP contribution is 2.31. The molecular weight excluding hydrogens is 242 g/mol. The number of hydrogen-bond acceptors (Lipinski definition) is 3. The second kappa shape index (κ2) is 6.27. The van der Waals surface area contributed by atoms with Crippen LogP contribution in [-0.4, -0.2) is 20.1 Å². The average Bonchev–Trinajstić information content (AvgIpc) is 2.39. The summed E-state index contributed by atoms with van der Waals surface area (Å²) in [6.07, 6.45) is 2.35. The lowest BCUT2D eigenvalue weighted by molar-refractivity contribution is -0.123. The first kappa shape index (κ1) is 15.1. The summed E-state index contributed by atoms with van der Waals surface area (Å²) in [7, 11) is 3.14. The summed E-state index contributed by atoms with van der Waals surface area (Å²) in [5.41, 5.74) is 0.123. The highest BCUT2D eigenvalue weighted by Gasteiger charge is 2.26. The van der Waals surface area contributed by atoms with Crippen molar-refractivity contribution in [3.05, 3.63) is 30.9 Å². The van der Waals surface area contributed by atoms with Gasteiger partial charge in [-0.1, -0.05) is 19.9 Å². The Bertz CT molecular complexity index is 466.